The SMILES string of the molecule is CCCCCCCCCC(NCC)C1CN(C)CCN1C. The van der Waals surface area contributed by atoms with Crippen molar-refractivity contribution in [1.82, 2.24) is 15.1 Å². The average Bonchev–Trinajstić information content (AvgIpc) is 2.48. The first-order valence-electron chi connectivity index (χ1n) is 9.31. The van der Waals surface area contributed by atoms with E-state index in [1.807, 2.05) is 0 Å². The summed E-state index contributed by atoms with van der Waals surface area (Å²) in [7, 11) is 4.56. The van der Waals surface area contributed by atoms with Crippen LogP contribution in [0.2, 0.25) is 0 Å². The lowest BCUT2D eigenvalue weighted by molar-refractivity contribution is 0.0849. The highest BCUT2D eigenvalue weighted by molar-refractivity contribution is 4.88. The molecule has 0 aromatic carbocycles. The number of hydrogen-bond donors (Lipinski definition) is 1. The first-order valence-corrected chi connectivity index (χ1v) is 9.31. The van der Waals surface area contributed by atoms with Gasteiger partial charge >= 0.3 is 0 Å². The summed E-state index contributed by atoms with van der Waals surface area (Å²) in [6.45, 7) is 9.26. The largest absolute Gasteiger partial charge is 0.313 e. The van der Waals surface area contributed by atoms with Crippen molar-refractivity contribution in [3.63, 3.8) is 0 Å². The Labute approximate surface area is 133 Å². The number of nitrogens with zero attached hydrogens (tertiary/aromatic N) is 2. The zero-order valence-electron chi connectivity index (χ0n) is 15.0. The summed E-state index contributed by atoms with van der Waals surface area (Å²) in [6, 6.07) is 1.35. The minimum absolute atomic E-state index is 0.665. The van der Waals surface area contributed by atoms with Crippen molar-refractivity contribution in [3.8, 4) is 0 Å². The highest BCUT2D eigenvalue weighted by Crippen LogP contribution is 2.16. The van der Waals surface area contributed by atoms with Crippen LogP contribution < -0.4 is 5.32 Å². The van der Waals surface area contributed by atoms with Crippen LogP contribution in [0.4, 0.5) is 0 Å². The van der Waals surface area contributed by atoms with Crippen LogP contribution in [0.1, 0.15) is 65.2 Å². The van der Waals surface area contributed by atoms with Crippen molar-refractivity contribution in [1.29, 1.82) is 0 Å². The van der Waals surface area contributed by atoms with Gasteiger partial charge in [-0.25, -0.2) is 0 Å². The number of likely N-dealkylation sites (N-methyl/N-ethyl adjacent to an activating group) is 3. The van der Waals surface area contributed by atoms with Crippen molar-refractivity contribution < 1.29 is 0 Å². The van der Waals surface area contributed by atoms with Crippen LogP contribution in [0.15, 0.2) is 0 Å². The molecule has 0 amide bonds. The lowest BCUT2D eigenvalue weighted by Crippen LogP contribution is -2.58. The van der Waals surface area contributed by atoms with Gasteiger partial charge in [0.2, 0.25) is 0 Å². The van der Waals surface area contributed by atoms with Crippen molar-refractivity contribution in [2.75, 3.05) is 40.3 Å². The first kappa shape index (κ1) is 18.9. The molecule has 1 rings (SSSR count). The molecule has 2 unspecified atom stereocenters. The van der Waals surface area contributed by atoms with E-state index in [2.05, 4.69) is 43.1 Å². The molecular formula is C18H39N3. The fourth-order valence-electron chi connectivity index (χ4n) is 3.49. The smallest absolute Gasteiger partial charge is 0.0373 e. The maximum atomic E-state index is 3.75. The number of unbranched alkanes of at least 4 members (excludes halogenated alkanes) is 6. The van der Waals surface area contributed by atoms with E-state index in [1.165, 1.54) is 71.0 Å². The van der Waals surface area contributed by atoms with Crippen molar-refractivity contribution in [2.24, 2.45) is 0 Å². The van der Waals surface area contributed by atoms with E-state index in [0.29, 0.717) is 12.1 Å². The molecule has 0 radical (unpaired) electrons. The Balaban J connectivity index is 2.25. The van der Waals surface area contributed by atoms with E-state index >= 15 is 0 Å². The molecule has 0 saturated carbocycles. The van der Waals surface area contributed by atoms with Gasteiger partial charge in [-0.15, -0.1) is 0 Å². The second kappa shape index (κ2) is 11.4. The molecule has 0 bridgehead atoms. The normalized spacial score (nSPS) is 22.6. The van der Waals surface area contributed by atoms with Gasteiger partial charge in [-0.2, -0.15) is 0 Å². The minimum Gasteiger partial charge on any atom is -0.313 e. The van der Waals surface area contributed by atoms with Crippen LogP contribution in [0.5, 0.6) is 0 Å². The molecule has 1 heterocycles. The zero-order valence-corrected chi connectivity index (χ0v) is 15.0. The molecule has 1 saturated heterocycles. The Kier molecular flexibility index (Phi) is 10.3. The van der Waals surface area contributed by atoms with Crippen molar-refractivity contribution >= 4 is 0 Å². The molecule has 3 nitrogen and oxygen atoms in total. The maximum absolute atomic E-state index is 3.75. The molecular weight excluding hydrogens is 258 g/mol. The zero-order chi connectivity index (χ0) is 15.5. The Morgan fingerprint density at radius 1 is 0.952 bits per heavy atom. The Hall–Kier alpha value is -0.120. The quantitative estimate of drug-likeness (QED) is 0.590. The summed E-state index contributed by atoms with van der Waals surface area (Å²) >= 11 is 0. The van der Waals surface area contributed by atoms with E-state index in [0.717, 1.165) is 6.54 Å². The summed E-state index contributed by atoms with van der Waals surface area (Å²) in [5, 5.41) is 3.75. The van der Waals surface area contributed by atoms with Crippen molar-refractivity contribution in [3.05, 3.63) is 0 Å². The molecule has 1 aliphatic rings. The number of nitrogens with one attached hydrogen (secondary N) is 1. The fourth-order valence-corrected chi connectivity index (χ4v) is 3.49. The van der Waals surface area contributed by atoms with Crippen LogP contribution >= 0.6 is 0 Å². The van der Waals surface area contributed by atoms with Gasteiger partial charge in [0.25, 0.3) is 0 Å². The van der Waals surface area contributed by atoms with Gasteiger partial charge in [-0.05, 0) is 27.1 Å². The summed E-state index contributed by atoms with van der Waals surface area (Å²) in [5.41, 5.74) is 0. The monoisotopic (exact) mass is 297 g/mol. The molecule has 0 aromatic rings. The molecule has 1 fully saturated rings. The molecule has 126 valence electrons. The molecule has 21 heavy (non-hydrogen) atoms. The van der Waals surface area contributed by atoms with Gasteiger partial charge in [0.05, 0.1) is 0 Å². The number of rotatable bonds is 11. The maximum Gasteiger partial charge on any atom is 0.0373 e. The summed E-state index contributed by atoms with van der Waals surface area (Å²) < 4.78 is 0. The van der Waals surface area contributed by atoms with Crippen LogP contribution in [0, 0.1) is 0 Å². The van der Waals surface area contributed by atoms with Crippen LogP contribution in [-0.4, -0.2) is 62.2 Å². The predicted octanol–water partition coefficient (Wildman–Crippen LogP) is 3.35. The van der Waals surface area contributed by atoms with E-state index in [4.69, 9.17) is 0 Å². The highest BCUT2D eigenvalue weighted by atomic mass is 15.3. The van der Waals surface area contributed by atoms with E-state index in [1.54, 1.807) is 0 Å². The van der Waals surface area contributed by atoms with Crippen LogP contribution in [0.25, 0.3) is 0 Å². The molecule has 0 aliphatic carbocycles. The van der Waals surface area contributed by atoms with Gasteiger partial charge in [0, 0.05) is 31.7 Å². The topological polar surface area (TPSA) is 18.5 Å². The minimum atomic E-state index is 0.665. The van der Waals surface area contributed by atoms with Crippen molar-refractivity contribution in [2.45, 2.75) is 77.3 Å². The Morgan fingerprint density at radius 3 is 2.29 bits per heavy atom. The standard InChI is InChI=1S/C18H39N3/c1-5-7-8-9-10-11-12-13-17(19-6-2)18-16-20(3)14-15-21(18)4/h17-19H,5-16H2,1-4H3. The van der Waals surface area contributed by atoms with Gasteiger partial charge in [-0.1, -0.05) is 58.8 Å². The molecule has 2 atom stereocenters. The Bertz CT molecular complexity index is 245. The second-order valence-electron chi connectivity index (χ2n) is 6.88. The third kappa shape index (κ3) is 7.62. The van der Waals surface area contributed by atoms with E-state index in [-0.39, 0.29) is 0 Å². The lowest BCUT2D eigenvalue weighted by atomic mass is 9.97. The van der Waals surface area contributed by atoms with Gasteiger partial charge in [-0.3, -0.25) is 4.90 Å². The summed E-state index contributed by atoms with van der Waals surface area (Å²) in [6.07, 6.45) is 11.2. The predicted molar refractivity (Wildman–Crippen MR) is 94.0 cm³/mol. The van der Waals surface area contributed by atoms with Gasteiger partial charge in [0.1, 0.15) is 0 Å². The van der Waals surface area contributed by atoms with Crippen LogP contribution in [-0.2, 0) is 0 Å². The molecule has 1 N–H and O–H groups in total. The third-order valence-electron chi connectivity index (χ3n) is 4.95. The third-order valence-corrected chi connectivity index (χ3v) is 4.95. The van der Waals surface area contributed by atoms with Gasteiger partial charge in [0.15, 0.2) is 0 Å². The molecule has 0 spiro atoms. The summed E-state index contributed by atoms with van der Waals surface area (Å²) in [5.74, 6) is 0. The van der Waals surface area contributed by atoms with E-state index < -0.39 is 0 Å². The lowest BCUT2D eigenvalue weighted by Gasteiger charge is -2.42. The number of hydrogen-bond acceptors (Lipinski definition) is 3. The average molecular weight is 298 g/mol. The summed E-state index contributed by atoms with van der Waals surface area (Å²) in [4.78, 5) is 5.05. The second-order valence-corrected chi connectivity index (χ2v) is 6.88. The first-order chi connectivity index (χ1) is 10.2. The van der Waals surface area contributed by atoms with E-state index in [9.17, 15) is 0 Å². The Morgan fingerprint density at radius 2 is 1.62 bits per heavy atom. The molecule has 0 aromatic heterocycles. The molecule has 1 aliphatic heterocycles. The molecule has 3 heteroatoms. The van der Waals surface area contributed by atoms with Crippen LogP contribution in [0.3, 0.4) is 0 Å². The highest BCUT2D eigenvalue weighted by Gasteiger charge is 2.28. The number of piperazine rings is 1. The fraction of sp³-hybridized carbons (Fsp3) is 1.00. The van der Waals surface area contributed by atoms with Gasteiger partial charge < -0.3 is 10.2 Å².